The zero-order valence-corrected chi connectivity index (χ0v) is 18.1. The van der Waals surface area contributed by atoms with E-state index in [4.69, 9.17) is 4.74 Å². The van der Waals surface area contributed by atoms with Gasteiger partial charge in [0, 0.05) is 6.07 Å². The quantitative estimate of drug-likeness (QED) is 0.204. The number of benzene rings is 2. The van der Waals surface area contributed by atoms with Gasteiger partial charge in [0.25, 0.3) is 17.5 Å². The van der Waals surface area contributed by atoms with Gasteiger partial charge in [-0.1, -0.05) is 12.2 Å². The first-order valence-electron chi connectivity index (χ1n) is 11.1. The Bertz CT molecular complexity index is 1320. The molecule has 2 bridgehead atoms. The molecule has 0 spiro atoms. The van der Waals surface area contributed by atoms with E-state index in [1.165, 1.54) is 24.4 Å². The van der Waals surface area contributed by atoms with Gasteiger partial charge in [-0.2, -0.15) is 10.1 Å². The Morgan fingerprint density at radius 3 is 2.11 bits per heavy atom. The summed E-state index contributed by atoms with van der Waals surface area (Å²) in [7, 11) is 0. The molecular weight excluding hydrogens is 456 g/mol. The second-order valence-corrected chi connectivity index (χ2v) is 9.22. The van der Waals surface area contributed by atoms with Crippen molar-refractivity contribution in [2.75, 3.05) is 0 Å². The van der Waals surface area contributed by atoms with Crippen molar-refractivity contribution in [1.82, 2.24) is 5.01 Å². The van der Waals surface area contributed by atoms with E-state index in [0.29, 0.717) is 17.4 Å². The van der Waals surface area contributed by atoms with Gasteiger partial charge in [0.15, 0.2) is 0 Å². The summed E-state index contributed by atoms with van der Waals surface area (Å²) in [4.78, 5) is 46.6. The van der Waals surface area contributed by atoms with Crippen LogP contribution in [0, 0.1) is 55.7 Å². The van der Waals surface area contributed by atoms with Crippen molar-refractivity contribution in [3.8, 4) is 11.5 Å². The molecule has 11 nitrogen and oxygen atoms in total. The maximum atomic E-state index is 13.0. The van der Waals surface area contributed by atoms with Gasteiger partial charge in [-0.15, -0.1) is 0 Å². The number of nitro groups is 2. The van der Waals surface area contributed by atoms with E-state index in [9.17, 15) is 29.8 Å². The van der Waals surface area contributed by atoms with Crippen LogP contribution in [0.3, 0.4) is 0 Å². The summed E-state index contributed by atoms with van der Waals surface area (Å²) in [6.45, 7) is 0. The molecular formula is C24H18N4O7. The second-order valence-electron chi connectivity index (χ2n) is 9.22. The predicted molar refractivity (Wildman–Crippen MR) is 120 cm³/mol. The molecule has 2 saturated carbocycles. The molecule has 0 N–H and O–H groups in total. The van der Waals surface area contributed by atoms with Gasteiger partial charge in [0.2, 0.25) is 5.75 Å². The highest BCUT2D eigenvalue weighted by molar-refractivity contribution is 6.06. The van der Waals surface area contributed by atoms with Gasteiger partial charge in [-0.3, -0.25) is 29.8 Å². The highest BCUT2D eigenvalue weighted by Gasteiger charge is 2.67. The summed E-state index contributed by atoms with van der Waals surface area (Å²) in [5.41, 5.74) is -0.351. The molecule has 1 heterocycles. The third-order valence-electron chi connectivity index (χ3n) is 7.42. The minimum absolute atomic E-state index is 0.131. The molecule has 2 amide bonds. The van der Waals surface area contributed by atoms with Crippen molar-refractivity contribution in [1.29, 1.82) is 0 Å². The van der Waals surface area contributed by atoms with Gasteiger partial charge in [-0.25, -0.2) is 0 Å². The van der Waals surface area contributed by atoms with Crippen LogP contribution in [0.5, 0.6) is 11.5 Å². The average Bonchev–Trinajstić information content (AvgIpc) is 3.63. The van der Waals surface area contributed by atoms with Crippen LogP contribution in [0.4, 0.5) is 11.4 Å². The molecule has 2 aromatic rings. The third kappa shape index (κ3) is 3.30. The minimum atomic E-state index is -0.754. The van der Waals surface area contributed by atoms with Crippen LogP contribution in [0.15, 0.2) is 59.7 Å². The number of rotatable bonds is 6. The first-order chi connectivity index (χ1) is 16.8. The molecule has 35 heavy (non-hydrogen) atoms. The highest BCUT2D eigenvalue weighted by Crippen LogP contribution is 2.65. The van der Waals surface area contributed by atoms with E-state index in [1.54, 1.807) is 12.1 Å². The number of amides is 2. The van der Waals surface area contributed by atoms with E-state index in [0.717, 1.165) is 23.6 Å². The summed E-state index contributed by atoms with van der Waals surface area (Å²) >= 11 is 0. The minimum Gasteiger partial charge on any atom is -0.450 e. The second kappa shape index (κ2) is 7.55. The molecule has 0 radical (unpaired) electrons. The lowest BCUT2D eigenvalue weighted by Crippen LogP contribution is -2.40. The number of non-ortho nitro benzene ring substituents is 1. The van der Waals surface area contributed by atoms with Crippen molar-refractivity contribution in [2.45, 2.75) is 6.42 Å². The number of carbonyl (C=O) groups excluding carboxylic acids is 2. The van der Waals surface area contributed by atoms with Crippen molar-refractivity contribution >= 4 is 29.4 Å². The van der Waals surface area contributed by atoms with E-state index in [-0.39, 0.29) is 47.0 Å². The standard InChI is InChI=1S/C24H18N4O7/c29-23-21-15-6-7-16(18-10-17(15)18)22(21)24(30)26(23)25-11-12-1-4-14(5-2-12)35-20-8-3-13(27(31)32)9-19(20)28(33)34/h1-9,11,15-18,21-22H,10H2/b25-11-/t15-,16-,17-,18+,21-,22+/m0/s1. The Balaban J connectivity index is 1.17. The van der Waals surface area contributed by atoms with Crippen LogP contribution in [0.2, 0.25) is 0 Å². The Kier molecular flexibility index (Phi) is 4.56. The fraction of sp³-hybridized carbons (Fsp3) is 0.292. The van der Waals surface area contributed by atoms with Crippen LogP contribution >= 0.6 is 0 Å². The number of nitrogens with zero attached hydrogens (tertiary/aromatic N) is 4. The molecule has 2 aromatic carbocycles. The average molecular weight is 474 g/mol. The fourth-order valence-electron chi connectivity index (χ4n) is 5.78. The third-order valence-corrected chi connectivity index (χ3v) is 7.42. The lowest BCUT2D eigenvalue weighted by atomic mass is 9.63. The van der Waals surface area contributed by atoms with Crippen LogP contribution < -0.4 is 4.74 Å². The Labute approximate surface area is 198 Å². The van der Waals surface area contributed by atoms with Crippen molar-refractivity contribution in [3.05, 3.63) is 80.4 Å². The molecule has 5 aliphatic rings. The fourth-order valence-corrected chi connectivity index (χ4v) is 5.78. The molecule has 1 aliphatic heterocycles. The number of ether oxygens (including phenoxy) is 1. The normalized spacial score (nSPS) is 29.9. The van der Waals surface area contributed by atoms with Gasteiger partial charge < -0.3 is 4.74 Å². The number of allylic oxidation sites excluding steroid dienone is 2. The van der Waals surface area contributed by atoms with Crippen LogP contribution in [-0.2, 0) is 9.59 Å². The number of hydrazone groups is 1. The van der Waals surface area contributed by atoms with Gasteiger partial charge in [0.1, 0.15) is 5.75 Å². The molecule has 4 aliphatic carbocycles. The summed E-state index contributed by atoms with van der Waals surface area (Å²) in [5, 5.41) is 27.4. The van der Waals surface area contributed by atoms with Crippen molar-refractivity contribution in [3.63, 3.8) is 0 Å². The number of hydrogen-bond donors (Lipinski definition) is 0. The zero-order valence-electron chi connectivity index (χ0n) is 18.1. The Morgan fingerprint density at radius 2 is 1.54 bits per heavy atom. The van der Waals surface area contributed by atoms with Crippen molar-refractivity contribution in [2.24, 2.45) is 40.6 Å². The summed E-state index contributed by atoms with van der Waals surface area (Å²) in [6, 6.07) is 9.44. The van der Waals surface area contributed by atoms with Crippen molar-refractivity contribution < 1.29 is 24.2 Å². The lowest BCUT2D eigenvalue weighted by molar-refractivity contribution is -0.394. The number of carbonyl (C=O) groups is 2. The Hall–Kier alpha value is -4.41. The lowest BCUT2D eigenvalue weighted by Gasteiger charge is -2.37. The van der Waals surface area contributed by atoms with Crippen LogP contribution in [0.25, 0.3) is 0 Å². The van der Waals surface area contributed by atoms with Crippen LogP contribution in [-0.4, -0.2) is 32.9 Å². The summed E-state index contributed by atoms with van der Waals surface area (Å²) < 4.78 is 5.55. The highest BCUT2D eigenvalue weighted by atomic mass is 16.6. The smallest absolute Gasteiger partial charge is 0.318 e. The topological polar surface area (TPSA) is 145 Å². The van der Waals surface area contributed by atoms with E-state index in [2.05, 4.69) is 17.3 Å². The maximum absolute atomic E-state index is 13.0. The largest absolute Gasteiger partial charge is 0.450 e. The molecule has 0 aromatic heterocycles. The molecule has 1 saturated heterocycles. The van der Waals surface area contributed by atoms with E-state index >= 15 is 0 Å². The SMILES string of the molecule is O=C1[C@@H]2[C@H]3C=C[C@@H]([C@@H]4C[C@H]34)[C@@H]2C(=O)N1/N=C\c1ccc(Oc2ccc([N+](=O)[O-])cc2[N+](=O)[O-])cc1. The number of hydrogen-bond acceptors (Lipinski definition) is 8. The molecule has 3 fully saturated rings. The van der Waals surface area contributed by atoms with Gasteiger partial charge in [0.05, 0.1) is 34.0 Å². The molecule has 6 atom stereocenters. The van der Waals surface area contributed by atoms with E-state index < -0.39 is 21.2 Å². The molecule has 7 rings (SSSR count). The van der Waals surface area contributed by atoms with Crippen LogP contribution in [0.1, 0.15) is 12.0 Å². The van der Waals surface area contributed by atoms with Gasteiger partial charge in [-0.05, 0) is 66.0 Å². The summed E-state index contributed by atoms with van der Waals surface area (Å²) in [5.74, 6) is 0.311. The van der Waals surface area contributed by atoms with E-state index in [1.807, 2.05) is 0 Å². The summed E-state index contributed by atoms with van der Waals surface area (Å²) in [6.07, 6.45) is 6.72. The monoisotopic (exact) mass is 474 g/mol. The number of nitro benzene ring substituents is 2. The Morgan fingerprint density at radius 1 is 0.914 bits per heavy atom. The molecule has 176 valence electrons. The molecule has 11 heteroatoms. The first kappa shape index (κ1) is 21.1. The predicted octanol–water partition coefficient (Wildman–Crippen LogP) is 3.68. The van der Waals surface area contributed by atoms with Gasteiger partial charge >= 0.3 is 5.69 Å². The number of imide groups is 1. The maximum Gasteiger partial charge on any atom is 0.318 e. The first-order valence-corrected chi connectivity index (χ1v) is 11.1. The zero-order chi connectivity index (χ0) is 24.4. The molecule has 0 unspecified atom stereocenters.